The topological polar surface area (TPSA) is 35.5 Å². The summed E-state index contributed by atoms with van der Waals surface area (Å²) in [6.07, 6.45) is 0.107. The standard InChI is InChI=1S/C15H22O3/c1-10(2)18-13-8-7-11(14(16)17-6)9-12(13)15(3,4)5/h7-10H,1-6H3. The molecule has 0 spiro atoms. The van der Waals surface area contributed by atoms with Crippen molar-refractivity contribution in [2.45, 2.75) is 46.1 Å². The summed E-state index contributed by atoms with van der Waals surface area (Å²) in [6.45, 7) is 10.3. The van der Waals surface area contributed by atoms with E-state index < -0.39 is 0 Å². The molecule has 0 fully saturated rings. The van der Waals surface area contributed by atoms with E-state index in [0.29, 0.717) is 5.56 Å². The summed E-state index contributed by atoms with van der Waals surface area (Å²) >= 11 is 0. The van der Waals surface area contributed by atoms with Crippen LogP contribution in [0.2, 0.25) is 0 Å². The van der Waals surface area contributed by atoms with Crippen molar-refractivity contribution in [2.24, 2.45) is 0 Å². The lowest BCUT2D eigenvalue weighted by Gasteiger charge is -2.24. The summed E-state index contributed by atoms with van der Waals surface area (Å²) < 4.78 is 10.5. The first-order valence-electron chi connectivity index (χ1n) is 6.15. The SMILES string of the molecule is COC(=O)c1ccc(OC(C)C)c(C(C)(C)C)c1. The minimum atomic E-state index is -0.323. The quantitative estimate of drug-likeness (QED) is 0.769. The average Bonchev–Trinajstić information content (AvgIpc) is 2.26. The van der Waals surface area contributed by atoms with Crippen molar-refractivity contribution in [1.82, 2.24) is 0 Å². The van der Waals surface area contributed by atoms with Crippen molar-refractivity contribution in [1.29, 1.82) is 0 Å². The third-order valence-electron chi connectivity index (χ3n) is 2.57. The van der Waals surface area contributed by atoms with Crippen molar-refractivity contribution in [3.05, 3.63) is 29.3 Å². The predicted molar refractivity (Wildman–Crippen MR) is 72.2 cm³/mol. The molecule has 18 heavy (non-hydrogen) atoms. The van der Waals surface area contributed by atoms with Crippen LogP contribution in [-0.4, -0.2) is 19.2 Å². The second kappa shape index (κ2) is 5.42. The molecule has 0 bridgehead atoms. The molecule has 0 heterocycles. The molecule has 0 aliphatic heterocycles. The smallest absolute Gasteiger partial charge is 0.337 e. The molecule has 0 unspecified atom stereocenters. The summed E-state index contributed by atoms with van der Waals surface area (Å²) in [6, 6.07) is 5.43. The highest BCUT2D eigenvalue weighted by Crippen LogP contribution is 2.33. The van der Waals surface area contributed by atoms with Crippen LogP contribution in [0.25, 0.3) is 0 Å². The van der Waals surface area contributed by atoms with Gasteiger partial charge in [-0.3, -0.25) is 0 Å². The van der Waals surface area contributed by atoms with E-state index in [0.717, 1.165) is 11.3 Å². The number of benzene rings is 1. The first-order valence-corrected chi connectivity index (χ1v) is 6.15. The van der Waals surface area contributed by atoms with Gasteiger partial charge in [-0.1, -0.05) is 20.8 Å². The van der Waals surface area contributed by atoms with E-state index in [9.17, 15) is 4.79 Å². The van der Waals surface area contributed by atoms with E-state index in [1.165, 1.54) is 7.11 Å². The number of rotatable bonds is 3. The molecule has 0 saturated carbocycles. The molecule has 100 valence electrons. The summed E-state index contributed by atoms with van der Waals surface area (Å²) in [7, 11) is 1.39. The van der Waals surface area contributed by atoms with Crippen LogP contribution < -0.4 is 4.74 Å². The third kappa shape index (κ3) is 3.49. The first-order chi connectivity index (χ1) is 8.25. The molecule has 0 aliphatic carbocycles. The monoisotopic (exact) mass is 250 g/mol. The van der Waals surface area contributed by atoms with Crippen molar-refractivity contribution in [2.75, 3.05) is 7.11 Å². The van der Waals surface area contributed by atoms with Gasteiger partial charge in [0.05, 0.1) is 18.8 Å². The number of hydrogen-bond donors (Lipinski definition) is 0. The van der Waals surface area contributed by atoms with Crippen LogP contribution in [0.5, 0.6) is 5.75 Å². The van der Waals surface area contributed by atoms with Crippen LogP contribution in [0.4, 0.5) is 0 Å². The number of ether oxygens (including phenoxy) is 2. The zero-order valence-corrected chi connectivity index (χ0v) is 12.0. The van der Waals surface area contributed by atoms with Crippen molar-refractivity contribution < 1.29 is 14.3 Å². The van der Waals surface area contributed by atoms with Crippen LogP contribution in [0.3, 0.4) is 0 Å². The first kappa shape index (κ1) is 14.6. The van der Waals surface area contributed by atoms with Crippen LogP contribution in [0.15, 0.2) is 18.2 Å². The molecule has 3 heteroatoms. The van der Waals surface area contributed by atoms with Crippen LogP contribution >= 0.6 is 0 Å². The highest BCUT2D eigenvalue weighted by molar-refractivity contribution is 5.89. The molecule has 0 N–H and O–H groups in total. The predicted octanol–water partition coefficient (Wildman–Crippen LogP) is 3.56. The van der Waals surface area contributed by atoms with Crippen molar-refractivity contribution in [3.8, 4) is 5.75 Å². The molecular formula is C15H22O3. The molecule has 0 aromatic heterocycles. The largest absolute Gasteiger partial charge is 0.491 e. The summed E-state index contributed by atoms with van der Waals surface area (Å²) in [4.78, 5) is 11.6. The molecule has 3 nitrogen and oxygen atoms in total. The maximum absolute atomic E-state index is 11.6. The van der Waals surface area contributed by atoms with Gasteiger partial charge in [-0.25, -0.2) is 4.79 Å². The molecular weight excluding hydrogens is 228 g/mol. The van der Waals surface area contributed by atoms with E-state index in [1.54, 1.807) is 6.07 Å². The zero-order valence-electron chi connectivity index (χ0n) is 12.0. The van der Waals surface area contributed by atoms with E-state index in [4.69, 9.17) is 9.47 Å². The molecule has 0 saturated heterocycles. The van der Waals surface area contributed by atoms with Gasteiger partial charge in [0, 0.05) is 5.56 Å². The van der Waals surface area contributed by atoms with Gasteiger partial charge in [0.15, 0.2) is 0 Å². The fourth-order valence-corrected chi connectivity index (χ4v) is 1.72. The Morgan fingerprint density at radius 2 is 1.83 bits per heavy atom. The number of esters is 1. The minimum Gasteiger partial charge on any atom is -0.491 e. The Bertz CT molecular complexity index is 428. The van der Waals surface area contributed by atoms with Crippen molar-refractivity contribution >= 4 is 5.97 Å². The number of methoxy groups -OCH3 is 1. The van der Waals surface area contributed by atoms with Gasteiger partial charge in [0.1, 0.15) is 5.75 Å². The van der Waals surface area contributed by atoms with Gasteiger partial charge in [0.2, 0.25) is 0 Å². The highest BCUT2D eigenvalue weighted by Gasteiger charge is 2.21. The summed E-state index contributed by atoms with van der Waals surface area (Å²) in [5, 5.41) is 0. The van der Waals surface area contributed by atoms with E-state index >= 15 is 0 Å². The Kier molecular flexibility index (Phi) is 4.38. The van der Waals surface area contributed by atoms with Gasteiger partial charge < -0.3 is 9.47 Å². The lowest BCUT2D eigenvalue weighted by Crippen LogP contribution is -2.17. The molecule has 1 rings (SSSR count). The Hall–Kier alpha value is -1.51. The maximum Gasteiger partial charge on any atom is 0.337 e. The van der Waals surface area contributed by atoms with Crippen molar-refractivity contribution in [3.63, 3.8) is 0 Å². The normalized spacial score (nSPS) is 11.5. The van der Waals surface area contributed by atoms with Gasteiger partial charge in [-0.15, -0.1) is 0 Å². The van der Waals surface area contributed by atoms with E-state index in [-0.39, 0.29) is 17.5 Å². The Labute approximate surface area is 109 Å². The van der Waals surface area contributed by atoms with Gasteiger partial charge in [-0.2, -0.15) is 0 Å². The Morgan fingerprint density at radius 1 is 1.22 bits per heavy atom. The van der Waals surface area contributed by atoms with E-state index in [1.807, 2.05) is 26.0 Å². The number of hydrogen-bond acceptors (Lipinski definition) is 3. The van der Waals surface area contributed by atoms with Gasteiger partial charge in [-0.05, 0) is 37.5 Å². The zero-order chi connectivity index (χ0) is 13.9. The maximum atomic E-state index is 11.6. The second-order valence-corrected chi connectivity index (χ2v) is 5.62. The summed E-state index contributed by atoms with van der Waals surface area (Å²) in [5.41, 5.74) is 1.48. The van der Waals surface area contributed by atoms with Gasteiger partial charge in [0.25, 0.3) is 0 Å². The Morgan fingerprint density at radius 3 is 2.28 bits per heavy atom. The van der Waals surface area contributed by atoms with Crippen LogP contribution in [0, 0.1) is 0 Å². The Balaban J connectivity index is 3.25. The van der Waals surface area contributed by atoms with Crippen LogP contribution in [-0.2, 0) is 10.2 Å². The number of carbonyl (C=O) groups excluding carboxylic acids is 1. The molecule has 1 aromatic rings. The average molecular weight is 250 g/mol. The lowest BCUT2D eigenvalue weighted by molar-refractivity contribution is 0.0600. The molecule has 1 aromatic carbocycles. The molecule has 0 radical (unpaired) electrons. The summed E-state index contributed by atoms with van der Waals surface area (Å²) in [5.74, 6) is 0.502. The fourth-order valence-electron chi connectivity index (χ4n) is 1.72. The highest BCUT2D eigenvalue weighted by atomic mass is 16.5. The molecule has 0 aliphatic rings. The fraction of sp³-hybridized carbons (Fsp3) is 0.533. The van der Waals surface area contributed by atoms with Crippen LogP contribution in [0.1, 0.15) is 50.5 Å². The molecule has 0 atom stereocenters. The van der Waals surface area contributed by atoms with Gasteiger partial charge >= 0.3 is 5.97 Å². The minimum absolute atomic E-state index is 0.0890. The number of carbonyl (C=O) groups is 1. The third-order valence-corrected chi connectivity index (χ3v) is 2.57. The lowest BCUT2D eigenvalue weighted by atomic mass is 9.85. The molecule has 0 amide bonds. The van der Waals surface area contributed by atoms with E-state index in [2.05, 4.69) is 20.8 Å². The second-order valence-electron chi connectivity index (χ2n) is 5.62.